The third kappa shape index (κ3) is 3.77. The molecule has 1 fully saturated rings. The number of amides is 2. The molecule has 2 amide bonds. The van der Waals surface area contributed by atoms with Gasteiger partial charge in [0.1, 0.15) is 11.8 Å². The van der Waals surface area contributed by atoms with Crippen molar-refractivity contribution in [2.45, 2.75) is 29.7 Å². The maximum Gasteiger partial charge on any atom is 0.326 e. The number of esters is 1. The van der Waals surface area contributed by atoms with Crippen LogP contribution in [0.2, 0.25) is 5.02 Å². The highest BCUT2D eigenvalue weighted by Gasteiger charge is 2.56. The highest BCUT2D eigenvalue weighted by Crippen LogP contribution is 2.53. The molecule has 0 saturated carbocycles. The molecule has 5 rings (SSSR count). The van der Waals surface area contributed by atoms with Crippen LogP contribution in [0.5, 0.6) is 0 Å². The molecule has 0 spiro atoms. The Kier molecular flexibility index (Phi) is 6.09. The molecule has 3 atom stereocenters. The van der Waals surface area contributed by atoms with Gasteiger partial charge in [-0.3, -0.25) is 23.7 Å². The van der Waals surface area contributed by atoms with Crippen molar-refractivity contribution >= 4 is 58.2 Å². The Balaban J connectivity index is 1.63. The Morgan fingerprint density at radius 2 is 1.74 bits per heavy atom. The Morgan fingerprint density at radius 3 is 2.41 bits per heavy atom. The normalized spacial score (nSPS) is 21.4. The van der Waals surface area contributed by atoms with Crippen LogP contribution in [0.3, 0.4) is 0 Å². The van der Waals surface area contributed by atoms with Crippen molar-refractivity contribution in [3.8, 4) is 0 Å². The van der Waals surface area contributed by atoms with Crippen molar-refractivity contribution in [1.82, 2.24) is 4.57 Å². The Labute approximate surface area is 208 Å². The van der Waals surface area contributed by atoms with Crippen LogP contribution in [0.25, 0.3) is 0 Å². The summed E-state index contributed by atoms with van der Waals surface area (Å²) in [6, 6.07) is 15.9. The van der Waals surface area contributed by atoms with Gasteiger partial charge in [0.2, 0.25) is 11.8 Å². The average Bonchev–Trinajstić information content (AvgIpc) is 3.27. The molecule has 3 unspecified atom stereocenters. The van der Waals surface area contributed by atoms with Crippen molar-refractivity contribution in [3.05, 3.63) is 79.7 Å². The largest absolute Gasteiger partial charge is 0.465 e. The highest BCUT2D eigenvalue weighted by molar-refractivity contribution is 8.00. The van der Waals surface area contributed by atoms with Crippen LogP contribution in [0, 0.1) is 5.92 Å². The molecular weight excluding hydrogens is 496 g/mol. The lowest BCUT2D eigenvalue weighted by Crippen LogP contribution is -2.32. The number of benzene rings is 2. The van der Waals surface area contributed by atoms with Crippen LogP contribution in [0.4, 0.5) is 5.69 Å². The van der Waals surface area contributed by atoms with Gasteiger partial charge in [0.15, 0.2) is 0 Å². The van der Waals surface area contributed by atoms with Crippen LogP contribution in [-0.4, -0.2) is 34.2 Å². The fourth-order valence-corrected chi connectivity index (χ4v) is 7.35. The molecule has 3 aromatic rings. The standard InChI is InChI=1S/C24H19ClN2O5S2/c1-2-32-16(28)12-26-23-20(34-24(26)31)17(13-6-4-3-5-7-13)18-19(33-23)22(30)27(21(18)29)15-10-8-14(25)9-11-15/h3-11,17-19H,2,12H2,1H3. The number of rotatable bonds is 5. The van der Waals surface area contributed by atoms with Crippen LogP contribution in [0.1, 0.15) is 23.3 Å². The second-order valence-electron chi connectivity index (χ2n) is 7.87. The monoisotopic (exact) mass is 514 g/mol. The molecule has 1 saturated heterocycles. The van der Waals surface area contributed by atoms with E-state index in [2.05, 4.69) is 0 Å². The molecule has 0 bridgehead atoms. The molecule has 0 aliphatic carbocycles. The molecule has 7 nitrogen and oxygen atoms in total. The van der Waals surface area contributed by atoms with Gasteiger partial charge in [-0.2, -0.15) is 0 Å². The molecule has 2 aliphatic rings. The number of fused-ring (bicyclic) bond motifs is 2. The lowest BCUT2D eigenvalue weighted by atomic mass is 9.83. The smallest absolute Gasteiger partial charge is 0.326 e. The lowest BCUT2D eigenvalue weighted by molar-refractivity contribution is -0.144. The number of nitrogens with zero attached hydrogens (tertiary/aromatic N) is 2. The number of imide groups is 1. The van der Waals surface area contributed by atoms with Gasteiger partial charge in [0.25, 0.3) is 0 Å². The van der Waals surface area contributed by atoms with Gasteiger partial charge in [-0.1, -0.05) is 65.0 Å². The molecule has 2 aromatic carbocycles. The van der Waals surface area contributed by atoms with Crippen molar-refractivity contribution in [2.75, 3.05) is 11.5 Å². The average molecular weight is 515 g/mol. The van der Waals surface area contributed by atoms with E-state index in [1.54, 1.807) is 31.2 Å². The van der Waals surface area contributed by atoms with Crippen LogP contribution < -0.4 is 9.77 Å². The number of ether oxygens (including phenoxy) is 1. The van der Waals surface area contributed by atoms with Gasteiger partial charge in [-0.05, 0) is 36.8 Å². The molecule has 1 aromatic heterocycles. The number of anilines is 1. The van der Waals surface area contributed by atoms with E-state index >= 15 is 0 Å². The SMILES string of the molecule is CCOC(=O)Cn1c2c(sc1=O)C(c1ccccc1)C1C(=O)N(c3ccc(Cl)cc3)C(=O)C1S2. The number of carbonyl (C=O) groups excluding carboxylic acids is 3. The molecule has 34 heavy (non-hydrogen) atoms. The van der Waals surface area contributed by atoms with E-state index in [0.29, 0.717) is 20.6 Å². The van der Waals surface area contributed by atoms with Crippen LogP contribution in [0.15, 0.2) is 64.4 Å². The third-order valence-corrected chi connectivity index (χ3v) is 8.74. The van der Waals surface area contributed by atoms with Gasteiger partial charge < -0.3 is 4.74 Å². The number of hydrogen-bond acceptors (Lipinski definition) is 7. The molecular formula is C24H19ClN2O5S2. The van der Waals surface area contributed by atoms with Crippen molar-refractivity contribution < 1.29 is 19.1 Å². The first-order valence-corrected chi connectivity index (χ1v) is 12.7. The fraction of sp³-hybridized carbons (Fsp3) is 0.250. The zero-order chi connectivity index (χ0) is 24.0. The molecule has 3 heterocycles. The Bertz CT molecular complexity index is 1340. The van der Waals surface area contributed by atoms with Gasteiger partial charge in [-0.15, -0.1) is 0 Å². The molecule has 174 valence electrons. The predicted molar refractivity (Wildman–Crippen MR) is 131 cm³/mol. The lowest BCUT2D eigenvalue weighted by Gasteiger charge is -2.30. The van der Waals surface area contributed by atoms with E-state index in [4.69, 9.17) is 16.3 Å². The van der Waals surface area contributed by atoms with Crippen LogP contribution in [-0.2, 0) is 25.7 Å². The van der Waals surface area contributed by atoms with E-state index in [1.165, 1.54) is 21.2 Å². The summed E-state index contributed by atoms with van der Waals surface area (Å²) in [4.78, 5) is 53.9. The molecule has 2 aliphatic heterocycles. The van der Waals surface area contributed by atoms with E-state index in [1.807, 2.05) is 30.3 Å². The second-order valence-corrected chi connectivity index (χ2v) is 10.4. The minimum atomic E-state index is -0.733. The predicted octanol–water partition coefficient (Wildman–Crippen LogP) is 3.92. The number of halogens is 1. The summed E-state index contributed by atoms with van der Waals surface area (Å²) >= 11 is 8.18. The van der Waals surface area contributed by atoms with Gasteiger partial charge in [-0.25, -0.2) is 4.90 Å². The zero-order valence-corrected chi connectivity index (χ0v) is 20.4. The van der Waals surface area contributed by atoms with E-state index in [9.17, 15) is 19.2 Å². The van der Waals surface area contributed by atoms with E-state index < -0.39 is 23.1 Å². The quantitative estimate of drug-likeness (QED) is 0.379. The number of thioether (sulfide) groups is 1. The van der Waals surface area contributed by atoms with Gasteiger partial charge in [0, 0.05) is 15.8 Å². The number of thiazole rings is 1. The minimum absolute atomic E-state index is 0.202. The van der Waals surface area contributed by atoms with E-state index in [0.717, 1.165) is 16.9 Å². The first kappa shape index (κ1) is 22.9. The number of carbonyl (C=O) groups is 3. The maximum absolute atomic E-state index is 13.7. The van der Waals surface area contributed by atoms with Gasteiger partial charge >= 0.3 is 10.8 Å². The summed E-state index contributed by atoms with van der Waals surface area (Å²) < 4.78 is 6.40. The van der Waals surface area contributed by atoms with Crippen LogP contribution >= 0.6 is 34.7 Å². The van der Waals surface area contributed by atoms with Gasteiger partial charge in [0.05, 0.1) is 23.2 Å². The highest BCUT2D eigenvalue weighted by atomic mass is 35.5. The zero-order valence-electron chi connectivity index (χ0n) is 18.0. The molecule has 10 heteroatoms. The fourth-order valence-electron chi connectivity index (χ4n) is 4.46. The molecule has 0 radical (unpaired) electrons. The third-order valence-electron chi connectivity index (χ3n) is 5.89. The Morgan fingerprint density at radius 1 is 1.03 bits per heavy atom. The summed E-state index contributed by atoms with van der Waals surface area (Å²) in [6.07, 6.45) is 0. The summed E-state index contributed by atoms with van der Waals surface area (Å²) in [7, 11) is 0. The second kappa shape index (κ2) is 9.05. The van der Waals surface area contributed by atoms with Crippen molar-refractivity contribution in [3.63, 3.8) is 0 Å². The molecule has 0 N–H and O–H groups in total. The first-order chi connectivity index (χ1) is 16.4. The summed E-state index contributed by atoms with van der Waals surface area (Å²) in [5.41, 5.74) is 1.29. The maximum atomic E-state index is 13.7. The minimum Gasteiger partial charge on any atom is -0.465 e. The summed E-state index contributed by atoms with van der Waals surface area (Å²) in [5.74, 6) is -2.37. The first-order valence-electron chi connectivity index (χ1n) is 10.6. The summed E-state index contributed by atoms with van der Waals surface area (Å²) in [5, 5.41) is 0.308. The number of aromatic nitrogens is 1. The summed E-state index contributed by atoms with van der Waals surface area (Å²) in [6.45, 7) is 1.66. The van der Waals surface area contributed by atoms with Crippen molar-refractivity contribution in [2.24, 2.45) is 5.92 Å². The topological polar surface area (TPSA) is 85.7 Å². The Hall–Kier alpha value is -2.88. The van der Waals surface area contributed by atoms with E-state index in [-0.39, 0.29) is 29.8 Å². The van der Waals surface area contributed by atoms with Crippen molar-refractivity contribution in [1.29, 1.82) is 0 Å². The number of hydrogen-bond donors (Lipinski definition) is 0.